The number of aromatic nitrogens is 1. The lowest BCUT2D eigenvalue weighted by Gasteiger charge is -2.29. The summed E-state index contributed by atoms with van der Waals surface area (Å²) in [6, 6.07) is 17.8. The number of nitrogens with zero attached hydrogens (tertiary/aromatic N) is 2. The number of para-hydroxylation sites is 1. The van der Waals surface area contributed by atoms with Gasteiger partial charge in [-0.3, -0.25) is 0 Å². The van der Waals surface area contributed by atoms with E-state index in [4.69, 9.17) is 9.47 Å². The number of fused-ring (bicyclic) bond motifs is 2. The first-order valence-electron chi connectivity index (χ1n) is 12.9. The van der Waals surface area contributed by atoms with Gasteiger partial charge in [-0.05, 0) is 60.6 Å². The van der Waals surface area contributed by atoms with Crippen molar-refractivity contribution in [3.8, 4) is 23.5 Å². The molecule has 2 aromatic carbocycles. The van der Waals surface area contributed by atoms with Crippen molar-refractivity contribution in [3.05, 3.63) is 65.9 Å². The number of ether oxygens (including phenoxy) is 2. The quantitative estimate of drug-likeness (QED) is 0.309. The molecule has 3 aliphatic rings. The van der Waals surface area contributed by atoms with E-state index in [0.717, 1.165) is 68.9 Å². The van der Waals surface area contributed by atoms with Gasteiger partial charge in [-0.25, -0.2) is 0 Å². The molecular weight excluding hydrogens is 450 g/mol. The Hall–Kier alpha value is -3.85. The zero-order valence-corrected chi connectivity index (χ0v) is 20.5. The van der Waals surface area contributed by atoms with Crippen molar-refractivity contribution in [2.75, 3.05) is 33.0 Å². The maximum Gasteiger partial charge on any atom is 0.359 e. The first kappa shape index (κ1) is 22.6. The molecule has 2 saturated heterocycles. The molecule has 6 nitrogen and oxygen atoms in total. The Bertz CT molecular complexity index is 1370. The van der Waals surface area contributed by atoms with Crippen molar-refractivity contribution in [3.63, 3.8) is 0 Å². The van der Waals surface area contributed by atoms with E-state index in [9.17, 15) is 5.11 Å². The second-order valence-electron chi connectivity index (χ2n) is 9.90. The van der Waals surface area contributed by atoms with Crippen molar-refractivity contribution in [2.45, 2.75) is 31.6 Å². The number of piperidine rings is 2. The van der Waals surface area contributed by atoms with E-state index in [-0.39, 0.29) is 12.7 Å². The smallest absolute Gasteiger partial charge is 0.359 e. The summed E-state index contributed by atoms with van der Waals surface area (Å²) in [6.07, 6.45) is 10.2. The van der Waals surface area contributed by atoms with Crippen molar-refractivity contribution in [1.29, 1.82) is 0 Å². The topological polar surface area (TPSA) is 60.7 Å². The van der Waals surface area contributed by atoms with E-state index >= 15 is 0 Å². The highest BCUT2D eigenvalue weighted by Crippen LogP contribution is 2.34. The van der Waals surface area contributed by atoms with E-state index in [1.807, 2.05) is 28.9 Å². The number of rotatable bonds is 3. The summed E-state index contributed by atoms with van der Waals surface area (Å²) < 4.78 is 12.8. The minimum atomic E-state index is 0.262. The average Bonchev–Trinajstić information content (AvgIpc) is 3.58. The zero-order chi connectivity index (χ0) is 24.3. The Labute approximate surface area is 211 Å². The Kier molecular flexibility index (Phi) is 6.29. The van der Waals surface area contributed by atoms with Crippen molar-refractivity contribution >= 4 is 22.9 Å². The largest absolute Gasteiger partial charge is 0.460 e. The molecule has 1 unspecified atom stereocenters. The van der Waals surface area contributed by atoms with E-state index in [0.29, 0.717) is 11.8 Å². The third-order valence-electron chi connectivity index (χ3n) is 7.55. The van der Waals surface area contributed by atoms with Crippen LogP contribution in [0.15, 0.2) is 54.7 Å². The molecule has 4 heterocycles. The van der Waals surface area contributed by atoms with Gasteiger partial charge in [0.2, 0.25) is 6.79 Å². The fourth-order valence-electron chi connectivity index (χ4n) is 5.51. The highest BCUT2D eigenvalue weighted by atomic mass is 16.7. The molecule has 184 valence electrons. The van der Waals surface area contributed by atoms with Gasteiger partial charge in [-0.2, -0.15) is 4.58 Å². The summed E-state index contributed by atoms with van der Waals surface area (Å²) >= 11 is 0. The molecule has 1 atom stereocenters. The van der Waals surface area contributed by atoms with E-state index in [1.54, 1.807) is 6.08 Å². The standard InChI is InChI=1S/C30H31N3O3/c34-30(10-8-22-7-9-28-29(18-22)36-21-35-28)33-14-3-4-23(20-33)11-15-32-16-12-24(13-17-32)26-19-31-27-6-2-1-5-25(26)27/h1-2,5-10,18-19,23-24,31H,3-4,12-14,16-17,20-21H2/p+1/b10-8+. The van der Waals surface area contributed by atoms with Crippen LogP contribution in [0.25, 0.3) is 17.0 Å². The van der Waals surface area contributed by atoms with Crippen LogP contribution >= 0.6 is 0 Å². The van der Waals surface area contributed by atoms with Crippen molar-refractivity contribution in [1.82, 2.24) is 9.88 Å². The van der Waals surface area contributed by atoms with Crippen LogP contribution in [0.2, 0.25) is 0 Å². The Morgan fingerprint density at radius 3 is 2.86 bits per heavy atom. The van der Waals surface area contributed by atoms with Crippen LogP contribution in [0.4, 0.5) is 0 Å². The molecule has 1 aromatic heterocycles. The fraction of sp³-hybridized carbons (Fsp3) is 0.367. The molecule has 0 bridgehead atoms. The number of hydrogen-bond acceptors (Lipinski definition) is 3. The highest BCUT2D eigenvalue weighted by Gasteiger charge is 2.25. The monoisotopic (exact) mass is 482 g/mol. The van der Waals surface area contributed by atoms with Gasteiger partial charge in [0.1, 0.15) is 6.54 Å². The Morgan fingerprint density at radius 1 is 1.08 bits per heavy atom. The molecule has 0 aliphatic carbocycles. The van der Waals surface area contributed by atoms with E-state index in [1.165, 1.54) is 16.5 Å². The summed E-state index contributed by atoms with van der Waals surface area (Å²) in [5, 5.41) is 12.1. The number of benzene rings is 2. The van der Waals surface area contributed by atoms with E-state index in [2.05, 4.69) is 52.3 Å². The number of aliphatic hydroxyl groups is 1. The molecule has 0 amide bonds. The maximum atomic E-state index is 10.7. The second kappa shape index (κ2) is 10.0. The highest BCUT2D eigenvalue weighted by molar-refractivity contribution is 5.86. The van der Waals surface area contributed by atoms with Gasteiger partial charge in [0.05, 0.1) is 12.0 Å². The zero-order valence-electron chi connectivity index (χ0n) is 20.5. The first-order chi connectivity index (χ1) is 17.7. The van der Waals surface area contributed by atoms with Gasteiger partial charge in [0.15, 0.2) is 18.0 Å². The van der Waals surface area contributed by atoms with Gasteiger partial charge in [-0.1, -0.05) is 30.2 Å². The minimum absolute atomic E-state index is 0.262. The number of likely N-dealkylation sites (tertiary alicyclic amines) is 1. The van der Waals surface area contributed by atoms with Gasteiger partial charge in [0.25, 0.3) is 0 Å². The van der Waals surface area contributed by atoms with E-state index < -0.39 is 0 Å². The normalized spacial score (nSPS) is 21.6. The van der Waals surface area contributed by atoms with Gasteiger partial charge >= 0.3 is 5.90 Å². The van der Waals surface area contributed by atoms with Crippen LogP contribution in [0.5, 0.6) is 11.5 Å². The van der Waals surface area contributed by atoms with Crippen LogP contribution in [0, 0.1) is 17.9 Å². The molecule has 0 saturated carbocycles. The van der Waals surface area contributed by atoms with Crippen LogP contribution in [0.1, 0.15) is 42.7 Å². The SMILES string of the molecule is OC(/C=C/c1ccc2c(c1)OCO2)=[N+]1CCCC(C#CN2CCC(c3c[nH]c4ccccc34)CC2)C1. The summed E-state index contributed by atoms with van der Waals surface area (Å²) in [7, 11) is 0. The second-order valence-corrected chi connectivity index (χ2v) is 9.90. The number of aromatic amines is 1. The number of nitrogens with one attached hydrogen (secondary N) is 1. The molecular formula is C30H32N3O3+. The number of aliphatic hydroxyl groups excluding tert-OH is 1. The molecule has 6 heteroatoms. The molecule has 3 aliphatic heterocycles. The summed E-state index contributed by atoms with van der Waals surface area (Å²) in [6.45, 7) is 3.88. The fourth-order valence-corrected chi connectivity index (χ4v) is 5.51. The lowest BCUT2D eigenvalue weighted by atomic mass is 9.89. The van der Waals surface area contributed by atoms with Crippen LogP contribution < -0.4 is 9.47 Å². The molecule has 3 aromatic rings. The Balaban J connectivity index is 1.05. The third-order valence-corrected chi connectivity index (χ3v) is 7.55. The molecule has 36 heavy (non-hydrogen) atoms. The lowest BCUT2D eigenvalue weighted by molar-refractivity contribution is -0.549. The minimum Gasteiger partial charge on any atom is -0.460 e. The van der Waals surface area contributed by atoms with Crippen molar-refractivity contribution < 1.29 is 19.2 Å². The summed E-state index contributed by atoms with van der Waals surface area (Å²) in [4.78, 5) is 5.71. The van der Waals surface area contributed by atoms with Crippen LogP contribution in [-0.4, -0.2) is 58.4 Å². The molecule has 2 fully saturated rings. The van der Waals surface area contributed by atoms with Crippen molar-refractivity contribution in [2.24, 2.45) is 5.92 Å². The Morgan fingerprint density at radius 2 is 1.94 bits per heavy atom. The summed E-state index contributed by atoms with van der Waals surface area (Å²) in [5.74, 6) is 6.17. The van der Waals surface area contributed by atoms with Crippen LogP contribution in [0.3, 0.4) is 0 Å². The van der Waals surface area contributed by atoms with Gasteiger partial charge in [0, 0.05) is 42.7 Å². The summed E-state index contributed by atoms with van der Waals surface area (Å²) in [5.41, 5.74) is 3.64. The first-order valence-corrected chi connectivity index (χ1v) is 12.9. The molecule has 0 spiro atoms. The lowest BCUT2D eigenvalue weighted by Crippen LogP contribution is -2.32. The van der Waals surface area contributed by atoms with Gasteiger partial charge in [-0.15, -0.1) is 0 Å². The predicted molar refractivity (Wildman–Crippen MR) is 142 cm³/mol. The third kappa shape index (κ3) is 4.79. The maximum absolute atomic E-state index is 10.7. The predicted octanol–water partition coefficient (Wildman–Crippen LogP) is 5.13. The number of hydrogen-bond donors (Lipinski definition) is 2. The number of H-pyrrole nitrogens is 1. The van der Waals surface area contributed by atoms with Gasteiger partial charge < -0.3 is 24.5 Å². The van der Waals surface area contributed by atoms with Crippen LogP contribution in [-0.2, 0) is 0 Å². The average molecular weight is 483 g/mol. The molecule has 0 radical (unpaired) electrons. The molecule has 6 rings (SSSR count). The molecule has 2 N–H and O–H groups in total.